The number of hydrogen-bond donors (Lipinski definition) is 5. The fourth-order valence-corrected chi connectivity index (χ4v) is 1.22. The first kappa shape index (κ1) is 11.3. The van der Waals surface area contributed by atoms with Crippen LogP contribution in [0.3, 0.4) is 0 Å². The molecule has 7 nitrogen and oxygen atoms in total. The molecule has 1 aliphatic rings. The van der Waals surface area contributed by atoms with Crippen molar-refractivity contribution in [3.8, 4) is 0 Å². The van der Waals surface area contributed by atoms with Crippen LogP contribution in [-0.2, 0) is 9.53 Å². The van der Waals surface area contributed by atoms with E-state index < -0.39 is 36.6 Å². The smallest absolute Gasteiger partial charge is 0.251 e. The summed E-state index contributed by atoms with van der Waals surface area (Å²) in [5.41, 5.74) is 0. The van der Waals surface area contributed by atoms with E-state index in [4.69, 9.17) is 10.2 Å². The van der Waals surface area contributed by atoms with Gasteiger partial charge in [-0.25, -0.2) is 0 Å². The maximum atomic E-state index is 11.1. The summed E-state index contributed by atoms with van der Waals surface area (Å²) < 4.78 is 4.62. The first-order valence-corrected chi connectivity index (χ1v) is 4.08. The zero-order valence-electron chi connectivity index (χ0n) is 7.49. The van der Waals surface area contributed by atoms with Crippen molar-refractivity contribution in [2.45, 2.75) is 30.7 Å². The number of ether oxygens (including phenoxy) is 1. The molecule has 1 heterocycles. The van der Waals surface area contributed by atoms with Crippen LogP contribution in [0, 0.1) is 0 Å². The van der Waals surface area contributed by atoms with Crippen molar-refractivity contribution >= 4 is 5.91 Å². The van der Waals surface area contributed by atoms with E-state index in [1.807, 2.05) is 0 Å². The minimum Gasteiger partial charge on any atom is -0.387 e. The molecule has 0 saturated carbocycles. The lowest BCUT2D eigenvalue weighted by Crippen LogP contribution is -2.61. The maximum Gasteiger partial charge on any atom is 0.251 e. The van der Waals surface area contributed by atoms with Gasteiger partial charge in [0.15, 0.2) is 12.4 Å². The molecular formula is C7H13NO6. The number of carbonyl (C=O) groups is 1. The third kappa shape index (κ3) is 1.86. The van der Waals surface area contributed by atoms with Gasteiger partial charge in [0, 0.05) is 7.05 Å². The lowest BCUT2D eigenvalue weighted by Gasteiger charge is -2.37. The molecule has 1 amide bonds. The number of amides is 1. The van der Waals surface area contributed by atoms with Gasteiger partial charge in [-0.05, 0) is 0 Å². The van der Waals surface area contributed by atoms with Gasteiger partial charge in [0.25, 0.3) is 5.91 Å². The molecule has 0 aromatic carbocycles. The van der Waals surface area contributed by atoms with Crippen LogP contribution < -0.4 is 5.32 Å². The Morgan fingerprint density at radius 1 is 1.14 bits per heavy atom. The molecule has 1 fully saturated rings. The summed E-state index contributed by atoms with van der Waals surface area (Å²) in [5, 5.41) is 38.9. The van der Waals surface area contributed by atoms with Crippen molar-refractivity contribution in [3.63, 3.8) is 0 Å². The predicted octanol–water partition coefficient (Wildman–Crippen LogP) is -3.47. The summed E-state index contributed by atoms with van der Waals surface area (Å²) in [6, 6.07) is 0. The van der Waals surface area contributed by atoms with E-state index >= 15 is 0 Å². The molecule has 0 aromatic rings. The summed E-state index contributed by atoms with van der Waals surface area (Å²) in [6.45, 7) is 0. The van der Waals surface area contributed by atoms with Crippen LogP contribution >= 0.6 is 0 Å². The van der Waals surface area contributed by atoms with Gasteiger partial charge in [-0.2, -0.15) is 0 Å². The molecule has 5 atom stereocenters. The Morgan fingerprint density at radius 3 is 2.21 bits per heavy atom. The van der Waals surface area contributed by atoms with Crippen LogP contribution in [0.5, 0.6) is 0 Å². The standard InChI is InChI=1S/C7H13NO6/c1-8-6(12)5-3(10)2(9)4(11)7(13)14-5/h2-5,7,9-11,13H,1H3,(H,8,12). The third-order valence-corrected chi connectivity index (χ3v) is 2.09. The first-order valence-electron chi connectivity index (χ1n) is 4.08. The molecule has 1 rings (SSSR count). The molecular weight excluding hydrogens is 194 g/mol. The topological polar surface area (TPSA) is 119 Å². The quantitative estimate of drug-likeness (QED) is 0.305. The molecule has 1 aliphatic heterocycles. The SMILES string of the molecule is CNC(=O)C1OC(O)C(O)C(O)C1O. The molecule has 0 aliphatic carbocycles. The molecule has 5 N–H and O–H groups in total. The zero-order valence-corrected chi connectivity index (χ0v) is 7.49. The number of rotatable bonds is 1. The molecule has 0 aromatic heterocycles. The molecule has 82 valence electrons. The summed E-state index contributed by atoms with van der Waals surface area (Å²) in [5.74, 6) is -0.678. The highest BCUT2D eigenvalue weighted by atomic mass is 16.6. The Balaban J connectivity index is 2.75. The highest BCUT2D eigenvalue weighted by Crippen LogP contribution is 2.19. The monoisotopic (exact) mass is 207 g/mol. The number of aliphatic hydroxyl groups excluding tert-OH is 4. The minimum absolute atomic E-state index is 0.678. The van der Waals surface area contributed by atoms with Crippen molar-refractivity contribution in [3.05, 3.63) is 0 Å². The van der Waals surface area contributed by atoms with Gasteiger partial charge in [0.2, 0.25) is 0 Å². The second kappa shape index (κ2) is 4.20. The van der Waals surface area contributed by atoms with Crippen LogP contribution in [0.25, 0.3) is 0 Å². The van der Waals surface area contributed by atoms with Crippen LogP contribution in [0.15, 0.2) is 0 Å². The maximum absolute atomic E-state index is 11.1. The highest BCUT2D eigenvalue weighted by molar-refractivity contribution is 5.81. The van der Waals surface area contributed by atoms with Gasteiger partial charge in [-0.1, -0.05) is 0 Å². The second-order valence-corrected chi connectivity index (χ2v) is 3.03. The minimum atomic E-state index is -1.68. The van der Waals surface area contributed by atoms with Crippen molar-refractivity contribution in [1.29, 1.82) is 0 Å². The van der Waals surface area contributed by atoms with E-state index in [2.05, 4.69) is 10.1 Å². The fraction of sp³-hybridized carbons (Fsp3) is 0.857. The van der Waals surface area contributed by atoms with Gasteiger partial charge >= 0.3 is 0 Å². The Bertz CT molecular complexity index is 222. The second-order valence-electron chi connectivity index (χ2n) is 3.03. The van der Waals surface area contributed by atoms with Gasteiger partial charge in [0.1, 0.15) is 18.3 Å². The normalized spacial score (nSPS) is 43.4. The first-order chi connectivity index (χ1) is 6.49. The Morgan fingerprint density at radius 2 is 1.71 bits per heavy atom. The summed E-state index contributed by atoms with van der Waals surface area (Å²) in [4.78, 5) is 11.1. The largest absolute Gasteiger partial charge is 0.387 e. The van der Waals surface area contributed by atoms with E-state index in [0.29, 0.717) is 0 Å². The number of aliphatic hydroxyl groups is 4. The molecule has 7 heteroatoms. The van der Waals surface area contributed by atoms with E-state index in [0.717, 1.165) is 0 Å². The van der Waals surface area contributed by atoms with Crippen LogP contribution in [0.1, 0.15) is 0 Å². The fourth-order valence-electron chi connectivity index (χ4n) is 1.22. The van der Waals surface area contributed by atoms with Crippen LogP contribution in [0.2, 0.25) is 0 Å². The van der Waals surface area contributed by atoms with E-state index in [9.17, 15) is 15.0 Å². The van der Waals surface area contributed by atoms with E-state index in [-0.39, 0.29) is 0 Å². The van der Waals surface area contributed by atoms with Gasteiger partial charge in [-0.15, -0.1) is 0 Å². The Labute approximate surface area is 79.9 Å². The zero-order chi connectivity index (χ0) is 10.9. The molecule has 14 heavy (non-hydrogen) atoms. The number of hydrogen-bond acceptors (Lipinski definition) is 6. The molecule has 5 unspecified atom stereocenters. The Hall–Kier alpha value is -0.730. The Kier molecular flexibility index (Phi) is 3.40. The molecule has 0 spiro atoms. The highest BCUT2D eigenvalue weighted by Gasteiger charge is 2.45. The number of likely N-dealkylation sites (N-methyl/N-ethyl adjacent to an activating group) is 1. The molecule has 0 radical (unpaired) electrons. The van der Waals surface area contributed by atoms with Crippen molar-refractivity contribution in [2.75, 3.05) is 7.05 Å². The van der Waals surface area contributed by atoms with Crippen molar-refractivity contribution in [2.24, 2.45) is 0 Å². The summed E-state index contributed by atoms with van der Waals surface area (Å²) in [6.07, 6.45) is -7.86. The van der Waals surface area contributed by atoms with E-state index in [1.165, 1.54) is 7.05 Å². The number of carbonyl (C=O) groups excluding carboxylic acids is 1. The lowest BCUT2D eigenvalue weighted by molar-refractivity contribution is -0.275. The average molecular weight is 207 g/mol. The molecule has 0 bridgehead atoms. The summed E-state index contributed by atoms with van der Waals surface area (Å²) >= 11 is 0. The van der Waals surface area contributed by atoms with Gasteiger partial charge in [0.05, 0.1) is 0 Å². The van der Waals surface area contributed by atoms with Crippen molar-refractivity contribution < 1.29 is 30.0 Å². The predicted molar refractivity (Wildman–Crippen MR) is 43.0 cm³/mol. The molecule has 1 saturated heterocycles. The van der Waals surface area contributed by atoms with E-state index in [1.54, 1.807) is 0 Å². The summed E-state index contributed by atoms with van der Waals surface area (Å²) in [7, 11) is 1.32. The third-order valence-electron chi connectivity index (χ3n) is 2.09. The van der Waals surface area contributed by atoms with Gasteiger partial charge < -0.3 is 30.5 Å². The average Bonchev–Trinajstić information content (AvgIpc) is 2.19. The van der Waals surface area contributed by atoms with Gasteiger partial charge in [-0.3, -0.25) is 4.79 Å². The lowest BCUT2D eigenvalue weighted by atomic mass is 9.98. The number of nitrogens with one attached hydrogen (secondary N) is 1. The van der Waals surface area contributed by atoms with Crippen LogP contribution in [-0.4, -0.2) is 64.1 Å². The van der Waals surface area contributed by atoms with Crippen molar-refractivity contribution in [1.82, 2.24) is 5.32 Å². The van der Waals surface area contributed by atoms with Crippen LogP contribution in [0.4, 0.5) is 0 Å².